The average Bonchev–Trinajstić information content (AvgIpc) is 2.25. The van der Waals surface area contributed by atoms with Crippen molar-refractivity contribution in [2.24, 2.45) is 5.41 Å². The lowest BCUT2D eigenvalue weighted by Gasteiger charge is -2.27. The SMILES string of the molecule is C=CC=CC1(CCCC)C=CC=CC1. The van der Waals surface area contributed by atoms with E-state index in [2.05, 4.69) is 50.0 Å². The zero-order valence-electron chi connectivity index (χ0n) is 9.08. The fourth-order valence-corrected chi connectivity index (χ4v) is 1.84. The second-order valence-corrected chi connectivity index (χ2v) is 3.92. The van der Waals surface area contributed by atoms with Crippen molar-refractivity contribution in [3.05, 3.63) is 49.1 Å². The Morgan fingerprint density at radius 1 is 1.43 bits per heavy atom. The van der Waals surface area contributed by atoms with Crippen LogP contribution in [-0.2, 0) is 0 Å². The topological polar surface area (TPSA) is 0 Å². The summed E-state index contributed by atoms with van der Waals surface area (Å²) in [5.41, 5.74) is 0.263. The van der Waals surface area contributed by atoms with E-state index in [0.29, 0.717) is 0 Å². The van der Waals surface area contributed by atoms with Gasteiger partial charge in [0.2, 0.25) is 0 Å². The molecule has 1 atom stereocenters. The van der Waals surface area contributed by atoms with E-state index in [1.54, 1.807) is 0 Å². The quantitative estimate of drug-likeness (QED) is 0.560. The Morgan fingerprint density at radius 3 is 2.86 bits per heavy atom. The molecule has 1 rings (SSSR count). The molecule has 76 valence electrons. The van der Waals surface area contributed by atoms with Crippen molar-refractivity contribution in [2.45, 2.75) is 32.6 Å². The van der Waals surface area contributed by atoms with E-state index < -0.39 is 0 Å². The largest absolute Gasteiger partial charge is 0.0991 e. The highest BCUT2D eigenvalue weighted by molar-refractivity contribution is 5.23. The van der Waals surface area contributed by atoms with E-state index in [1.807, 2.05) is 6.08 Å². The summed E-state index contributed by atoms with van der Waals surface area (Å²) in [6.07, 6.45) is 20.0. The monoisotopic (exact) mass is 188 g/mol. The van der Waals surface area contributed by atoms with Crippen LogP contribution in [0.25, 0.3) is 0 Å². The van der Waals surface area contributed by atoms with Crippen LogP contribution in [-0.4, -0.2) is 0 Å². The highest BCUT2D eigenvalue weighted by Crippen LogP contribution is 2.35. The van der Waals surface area contributed by atoms with Crippen molar-refractivity contribution < 1.29 is 0 Å². The number of unbranched alkanes of at least 4 members (excludes halogenated alkanes) is 1. The van der Waals surface area contributed by atoms with Gasteiger partial charge in [0.15, 0.2) is 0 Å². The summed E-state index contributed by atoms with van der Waals surface area (Å²) >= 11 is 0. The molecule has 0 aromatic rings. The highest BCUT2D eigenvalue weighted by atomic mass is 14.3. The van der Waals surface area contributed by atoms with Gasteiger partial charge in [-0.05, 0) is 12.8 Å². The van der Waals surface area contributed by atoms with Crippen molar-refractivity contribution >= 4 is 0 Å². The summed E-state index contributed by atoms with van der Waals surface area (Å²) < 4.78 is 0. The van der Waals surface area contributed by atoms with Gasteiger partial charge >= 0.3 is 0 Å². The molecule has 1 aliphatic carbocycles. The average molecular weight is 188 g/mol. The molecule has 14 heavy (non-hydrogen) atoms. The summed E-state index contributed by atoms with van der Waals surface area (Å²) in [7, 11) is 0. The maximum atomic E-state index is 3.73. The molecule has 0 aromatic heterocycles. The van der Waals surface area contributed by atoms with Gasteiger partial charge in [0.1, 0.15) is 0 Å². The predicted octanol–water partition coefficient (Wildman–Crippen LogP) is 4.42. The lowest BCUT2D eigenvalue weighted by atomic mass is 9.77. The van der Waals surface area contributed by atoms with E-state index in [4.69, 9.17) is 0 Å². The summed E-state index contributed by atoms with van der Waals surface area (Å²) in [6, 6.07) is 0. The van der Waals surface area contributed by atoms with Gasteiger partial charge < -0.3 is 0 Å². The van der Waals surface area contributed by atoms with Crippen LogP contribution >= 0.6 is 0 Å². The number of rotatable bonds is 5. The smallest absolute Gasteiger partial charge is 0.0102 e. The number of hydrogen-bond acceptors (Lipinski definition) is 0. The van der Waals surface area contributed by atoms with Crippen LogP contribution in [0.1, 0.15) is 32.6 Å². The fraction of sp³-hybridized carbons (Fsp3) is 0.429. The third-order valence-electron chi connectivity index (χ3n) is 2.73. The minimum absolute atomic E-state index is 0.263. The van der Waals surface area contributed by atoms with Gasteiger partial charge in [0, 0.05) is 5.41 Å². The molecule has 0 N–H and O–H groups in total. The maximum Gasteiger partial charge on any atom is 0.0102 e. The zero-order chi connectivity index (χ0) is 10.3. The van der Waals surface area contributed by atoms with Gasteiger partial charge in [-0.25, -0.2) is 0 Å². The second-order valence-electron chi connectivity index (χ2n) is 3.92. The standard InChI is InChI=1S/C14H20/c1-3-5-10-14(11-6-4-2)12-8-7-9-13-14/h3,5,7-10,12H,1,4,6,11,13H2,2H3. The van der Waals surface area contributed by atoms with E-state index >= 15 is 0 Å². The minimum atomic E-state index is 0.263. The van der Waals surface area contributed by atoms with Crippen molar-refractivity contribution in [3.63, 3.8) is 0 Å². The van der Waals surface area contributed by atoms with Gasteiger partial charge in [0.25, 0.3) is 0 Å². The molecule has 0 heteroatoms. The normalized spacial score (nSPS) is 25.8. The molecule has 1 unspecified atom stereocenters. The number of allylic oxidation sites excluding steroid dienone is 7. The summed E-state index contributed by atoms with van der Waals surface area (Å²) in [6.45, 7) is 5.97. The van der Waals surface area contributed by atoms with Crippen molar-refractivity contribution in [1.82, 2.24) is 0 Å². The molecule has 0 fully saturated rings. The Labute approximate surface area is 87.7 Å². The van der Waals surface area contributed by atoms with Gasteiger partial charge in [-0.15, -0.1) is 0 Å². The van der Waals surface area contributed by atoms with Gasteiger partial charge in [0.05, 0.1) is 0 Å². The van der Waals surface area contributed by atoms with E-state index in [9.17, 15) is 0 Å². The molecule has 0 bridgehead atoms. The Kier molecular flexibility index (Phi) is 4.45. The first-order chi connectivity index (χ1) is 6.83. The van der Waals surface area contributed by atoms with E-state index in [0.717, 1.165) is 6.42 Å². The Hall–Kier alpha value is -1.04. The number of hydrogen-bond donors (Lipinski definition) is 0. The molecule has 1 aliphatic rings. The molecule has 0 saturated heterocycles. The minimum Gasteiger partial charge on any atom is -0.0991 e. The summed E-state index contributed by atoms with van der Waals surface area (Å²) in [5.74, 6) is 0. The van der Waals surface area contributed by atoms with Crippen LogP contribution in [0.5, 0.6) is 0 Å². The molecule has 0 radical (unpaired) electrons. The Morgan fingerprint density at radius 2 is 2.29 bits per heavy atom. The molecule has 0 aromatic carbocycles. The van der Waals surface area contributed by atoms with Gasteiger partial charge in [-0.3, -0.25) is 0 Å². The van der Waals surface area contributed by atoms with Crippen LogP contribution in [0, 0.1) is 5.41 Å². The van der Waals surface area contributed by atoms with Crippen LogP contribution < -0.4 is 0 Å². The van der Waals surface area contributed by atoms with E-state index in [1.165, 1.54) is 19.3 Å². The molecule has 0 heterocycles. The van der Waals surface area contributed by atoms with Crippen molar-refractivity contribution in [1.29, 1.82) is 0 Å². The van der Waals surface area contributed by atoms with E-state index in [-0.39, 0.29) is 5.41 Å². The van der Waals surface area contributed by atoms with Gasteiger partial charge in [-0.1, -0.05) is 68.9 Å². The van der Waals surface area contributed by atoms with Crippen LogP contribution in [0.15, 0.2) is 49.1 Å². The van der Waals surface area contributed by atoms with Gasteiger partial charge in [-0.2, -0.15) is 0 Å². The Balaban J connectivity index is 2.68. The molecule has 0 spiro atoms. The summed E-state index contributed by atoms with van der Waals surface area (Å²) in [5, 5.41) is 0. The highest BCUT2D eigenvalue weighted by Gasteiger charge is 2.22. The molecule has 0 aliphatic heterocycles. The summed E-state index contributed by atoms with van der Waals surface area (Å²) in [4.78, 5) is 0. The van der Waals surface area contributed by atoms with Crippen molar-refractivity contribution in [2.75, 3.05) is 0 Å². The third kappa shape index (κ3) is 3.02. The zero-order valence-corrected chi connectivity index (χ0v) is 9.08. The third-order valence-corrected chi connectivity index (χ3v) is 2.73. The predicted molar refractivity (Wildman–Crippen MR) is 64.2 cm³/mol. The van der Waals surface area contributed by atoms with Crippen LogP contribution in [0.2, 0.25) is 0 Å². The lowest BCUT2D eigenvalue weighted by Crippen LogP contribution is -2.15. The first kappa shape index (κ1) is 11.0. The fourth-order valence-electron chi connectivity index (χ4n) is 1.84. The lowest BCUT2D eigenvalue weighted by molar-refractivity contribution is 0.432. The molecule has 0 saturated carbocycles. The molecular weight excluding hydrogens is 168 g/mol. The first-order valence-corrected chi connectivity index (χ1v) is 5.47. The first-order valence-electron chi connectivity index (χ1n) is 5.47. The van der Waals surface area contributed by atoms with Crippen LogP contribution in [0.4, 0.5) is 0 Å². The molecule has 0 amide bonds. The van der Waals surface area contributed by atoms with Crippen LogP contribution in [0.3, 0.4) is 0 Å². The Bertz CT molecular complexity index is 255. The maximum absolute atomic E-state index is 3.73. The molecule has 0 nitrogen and oxygen atoms in total. The van der Waals surface area contributed by atoms with Crippen molar-refractivity contribution in [3.8, 4) is 0 Å². The second kappa shape index (κ2) is 5.64. The molecular formula is C14H20.